The number of hydrogen-bond acceptors (Lipinski definition) is 6. The summed E-state index contributed by atoms with van der Waals surface area (Å²) >= 11 is 6.75. The molecule has 0 saturated carbocycles. The molecule has 0 radical (unpaired) electrons. The highest BCUT2D eigenvalue weighted by molar-refractivity contribution is 6.31. The van der Waals surface area contributed by atoms with Gasteiger partial charge in [0.05, 0.1) is 43.3 Å². The van der Waals surface area contributed by atoms with Crippen molar-refractivity contribution in [1.82, 2.24) is 14.7 Å². The smallest absolute Gasteiger partial charge is 0.189 e. The molecule has 1 aromatic carbocycles. The normalized spacial score (nSPS) is 19.1. The first-order chi connectivity index (χ1) is 13.1. The summed E-state index contributed by atoms with van der Waals surface area (Å²) in [6.45, 7) is 2.10. The summed E-state index contributed by atoms with van der Waals surface area (Å²) in [6.07, 6.45) is 0.849. The molecule has 0 bridgehead atoms. The third kappa shape index (κ3) is 3.74. The highest BCUT2D eigenvalue weighted by Crippen LogP contribution is 2.38. The lowest BCUT2D eigenvalue weighted by molar-refractivity contribution is -0.0446. The molecule has 0 spiro atoms. The first-order valence-electron chi connectivity index (χ1n) is 8.84. The molecule has 7 nitrogen and oxygen atoms in total. The second-order valence-corrected chi connectivity index (χ2v) is 6.85. The topological polar surface area (TPSA) is 58.0 Å². The summed E-state index contributed by atoms with van der Waals surface area (Å²) in [5.41, 5.74) is 2.97. The number of hydrogen-bond donors (Lipinski definition) is 0. The van der Waals surface area contributed by atoms with Crippen LogP contribution in [0.3, 0.4) is 0 Å². The number of benzene rings is 1. The van der Waals surface area contributed by atoms with E-state index in [4.69, 9.17) is 35.6 Å². The van der Waals surface area contributed by atoms with Crippen molar-refractivity contribution in [1.29, 1.82) is 0 Å². The number of aromatic nitrogens is 2. The summed E-state index contributed by atoms with van der Waals surface area (Å²) in [5.74, 6) is 0. The van der Waals surface area contributed by atoms with E-state index in [0.29, 0.717) is 42.8 Å². The zero-order valence-electron chi connectivity index (χ0n) is 15.3. The van der Waals surface area contributed by atoms with Crippen molar-refractivity contribution in [2.24, 2.45) is 0 Å². The van der Waals surface area contributed by atoms with Crippen LogP contribution in [0.15, 0.2) is 36.5 Å². The lowest BCUT2D eigenvalue weighted by Gasteiger charge is -2.18. The molecule has 0 aliphatic carbocycles. The highest BCUT2D eigenvalue weighted by atomic mass is 35.5. The summed E-state index contributed by atoms with van der Waals surface area (Å²) < 4.78 is 24.7. The Bertz CT molecular complexity index is 810. The minimum Gasteiger partial charge on any atom is -0.383 e. The van der Waals surface area contributed by atoms with Gasteiger partial charge in [-0.2, -0.15) is 5.10 Å². The van der Waals surface area contributed by atoms with Crippen LogP contribution in [-0.4, -0.2) is 61.5 Å². The fourth-order valence-corrected chi connectivity index (χ4v) is 3.46. The average Bonchev–Trinajstić information content (AvgIpc) is 3.41. The predicted octanol–water partition coefficient (Wildman–Crippen LogP) is 2.85. The Morgan fingerprint density at radius 3 is 2.33 bits per heavy atom. The van der Waals surface area contributed by atoms with Gasteiger partial charge in [0.25, 0.3) is 0 Å². The Labute approximate surface area is 163 Å². The van der Waals surface area contributed by atoms with Crippen LogP contribution in [0.5, 0.6) is 0 Å². The van der Waals surface area contributed by atoms with Gasteiger partial charge in [0.1, 0.15) is 10.8 Å². The lowest BCUT2D eigenvalue weighted by atomic mass is 10.1. The molecule has 0 unspecified atom stereocenters. The van der Waals surface area contributed by atoms with Gasteiger partial charge < -0.3 is 23.8 Å². The van der Waals surface area contributed by atoms with Gasteiger partial charge in [0.15, 0.2) is 12.6 Å². The average molecular weight is 392 g/mol. The first-order valence-corrected chi connectivity index (χ1v) is 9.21. The zero-order chi connectivity index (χ0) is 18.8. The van der Waals surface area contributed by atoms with E-state index in [-0.39, 0.29) is 0 Å². The van der Waals surface area contributed by atoms with Gasteiger partial charge in [0, 0.05) is 20.3 Å². The molecule has 2 aliphatic rings. The Morgan fingerprint density at radius 2 is 1.70 bits per heavy atom. The Hall–Kier alpha value is -1.90. The number of halogens is 1. The first kappa shape index (κ1) is 18.5. The Kier molecular flexibility index (Phi) is 5.47. The Morgan fingerprint density at radius 1 is 1.07 bits per heavy atom. The van der Waals surface area contributed by atoms with Crippen LogP contribution in [0.2, 0.25) is 5.15 Å². The van der Waals surface area contributed by atoms with E-state index in [1.807, 2.05) is 55.5 Å². The van der Waals surface area contributed by atoms with E-state index in [9.17, 15) is 0 Å². The van der Waals surface area contributed by atoms with Gasteiger partial charge in [-0.05, 0) is 12.1 Å². The van der Waals surface area contributed by atoms with Crippen LogP contribution in [0.1, 0.15) is 17.5 Å². The van der Waals surface area contributed by atoms with Crippen molar-refractivity contribution in [3.63, 3.8) is 0 Å². The lowest BCUT2D eigenvalue weighted by Crippen LogP contribution is -2.16. The third-order valence-corrected chi connectivity index (χ3v) is 4.63. The van der Waals surface area contributed by atoms with Crippen LogP contribution < -0.4 is 0 Å². The van der Waals surface area contributed by atoms with Gasteiger partial charge >= 0.3 is 0 Å². The molecule has 0 N–H and O–H groups in total. The molecule has 27 heavy (non-hydrogen) atoms. The number of ether oxygens (including phenoxy) is 4. The standard InChI is InChI=1S/C19H22ClN3O4/c1-22(2)12-14(18-24-8-9-25-18)16-15(19-26-10-11-27-19)17(20)23(21-16)13-6-4-3-5-7-13/h3-7,12,18-19H,8-11H2,1-2H3/b14-12-. The summed E-state index contributed by atoms with van der Waals surface area (Å²) in [4.78, 5) is 1.93. The van der Waals surface area contributed by atoms with Gasteiger partial charge in [-0.15, -0.1) is 0 Å². The van der Waals surface area contributed by atoms with E-state index in [1.165, 1.54) is 0 Å². The maximum Gasteiger partial charge on any atom is 0.189 e. The van der Waals surface area contributed by atoms with Crippen LogP contribution in [0.25, 0.3) is 11.3 Å². The minimum absolute atomic E-state index is 0.450. The second-order valence-electron chi connectivity index (χ2n) is 6.50. The largest absolute Gasteiger partial charge is 0.383 e. The van der Waals surface area contributed by atoms with E-state index in [0.717, 1.165) is 11.3 Å². The Balaban J connectivity index is 1.86. The fourth-order valence-electron chi connectivity index (χ4n) is 3.15. The zero-order valence-corrected chi connectivity index (χ0v) is 16.1. The predicted molar refractivity (Wildman–Crippen MR) is 101 cm³/mol. The molecule has 8 heteroatoms. The van der Waals surface area contributed by atoms with Crippen molar-refractivity contribution < 1.29 is 18.9 Å². The van der Waals surface area contributed by atoms with E-state index < -0.39 is 12.6 Å². The molecule has 2 aromatic rings. The quantitative estimate of drug-likeness (QED) is 0.781. The van der Waals surface area contributed by atoms with Crippen molar-refractivity contribution in [3.8, 4) is 5.69 Å². The van der Waals surface area contributed by atoms with Gasteiger partial charge in [-0.25, -0.2) is 4.68 Å². The van der Waals surface area contributed by atoms with Crippen LogP contribution >= 0.6 is 11.6 Å². The molecule has 144 valence electrons. The molecule has 0 atom stereocenters. The molecule has 4 rings (SSSR count). The van der Waals surface area contributed by atoms with E-state index in [2.05, 4.69) is 0 Å². The summed E-state index contributed by atoms with van der Waals surface area (Å²) in [6, 6.07) is 9.72. The molecule has 0 amide bonds. The molecule has 3 heterocycles. The van der Waals surface area contributed by atoms with Crippen LogP contribution in [-0.2, 0) is 18.9 Å². The maximum absolute atomic E-state index is 6.75. The molecular formula is C19H22ClN3O4. The number of para-hydroxylation sites is 1. The van der Waals surface area contributed by atoms with Gasteiger partial charge in [-0.3, -0.25) is 0 Å². The molecule has 2 saturated heterocycles. The van der Waals surface area contributed by atoms with Gasteiger partial charge in [0.2, 0.25) is 0 Å². The van der Waals surface area contributed by atoms with Crippen LogP contribution in [0, 0.1) is 0 Å². The maximum atomic E-state index is 6.75. The third-order valence-electron chi connectivity index (χ3n) is 4.27. The molecular weight excluding hydrogens is 370 g/mol. The highest BCUT2D eigenvalue weighted by Gasteiger charge is 2.34. The molecule has 2 fully saturated rings. The number of rotatable bonds is 5. The van der Waals surface area contributed by atoms with Crippen molar-refractivity contribution in [2.45, 2.75) is 12.6 Å². The van der Waals surface area contributed by atoms with E-state index in [1.54, 1.807) is 4.68 Å². The SMILES string of the molecule is CN(C)/C=C(/c1nn(-c2ccccc2)c(Cl)c1C1OCCO1)C1OCCO1. The second kappa shape index (κ2) is 8.00. The number of nitrogens with zero attached hydrogens (tertiary/aromatic N) is 3. The fraction of sp³-hybridized carbons (Fsp3) is 0.421. The van der Waals surface area contributed by atoms with Crippen molar-refractivity contribution >= 4 is 17.2 Å². The van der Waals surface area contributed by atoms with Crippen molar-refractivity contribution in [3.05, 3.63) is 52.9 Å². The van der Waals surface area contributed by atoms with Crippen LogP contribution in [0.4, 0.5) is 0 Å². The summed E-state index contributed by atoms with van der Waals surface area (Å²) in [7, 11) is 3.87. The van der Waals surface area contributed by atoms with Crippen molar-refractivity contribution in [2.75, 3.05) is 40.5 Å². The molecule has 2 aliphatic heterocycles. The summed E-state index contributed by atoms with van der Waals surface area (Å²) in [5, 5.41) is 5.24. The monoisotopic (exact) mass is 391 g/mol. The molecule has 1 aromatic heterocycles. The minimum atomic E-state index is -0.572. The van der Waals surface area contributed by atoms with E-state index >= 15 is 0 Å². The van der Waals surface area contributed by atoms with Gasteiger partial charge in [-0.1, -0.05) is 29.8 Å².